The fourth-order valence-electron chi connectivity index (χ4n) is 5.10. The standard InChI is InChI=1S/C31H32N4O4/c1-5-21-10-6-8-12-26(21)35-29(36)27-18-25(22-14-16-24(38-3)17-15-22)33-34(27)20-31(35,2)30(37)32-19-23-11-7-9-13-28(23)39-4/h6-18H,5,19-20H2,1-4H3,(H,32,37). The van der Waals surface area contributed by atoms with Crippen LogP contribution in [0.1, 0.15) is 35.5 Å². The Morgan fingerprint density at radius 3 is 2.36 bits per heavy atom. The predicted molar refractivity (Wildman–Crippen MR) is 150 cm³/mol. The molecule has 1 aliphatic heterocycles. The maximum atomic E-state index is 14.2. The van der Waals surface area contributed by atoms with Crippen molar-refractivity contribution in [2.45, 2.75) is 38.9 Å². The molecular formula is C31H32N4O4. The summed E-state index contributed by atoms with van der Waals surface area (Å²) in [4.78, 5) is 29.8. The van der Waals surface area contributed by atoms with E-state index in [1.54, 1.807) is 36.8 Å². The Bertz CT molecular complexity index is 1510. The highest BCUT2D eigenvalue weighted by Crippen LogP contribution is 2.36. The maximum absolute atomic E-state index is 14.2. The Hall–Kier alpha value is -4.59. The number of ether oxygens (including phenoxy) is 2. The number of fused-ring (bicyclic) bond motifs is 1. The molecule has 0 radical (unpaired) electrons. The summed E-state index contributed by atoms with van der Waals surface area (Å²) in [6.07, 6.45) is 0.717. The lowest BCUT2D eigenvalue weighted by Gasteiger charge is -2.43. The van der Waals surface area contributed by atoms with Crippen LogP contribution in [0, 0.1) is 0 Å². The Labute approximate surface area is 228 Å². The van der Waals surface area contributed by atoms with Gasteiger partial charge in [0.15, 0.2) is 0 Å². The zero-order chi connectivity index (χ0) is 27.6. The van der Waals surface area contributed by atoms with Gasteiger partial charge in [-0.2, -0.15) is 5.10 Å². The van der Waals surface area contributed by atoms with Gasteiger partial charge in [-0.15, -0.1) is 0 Å². The molecule has 2 heterocycles. The smallest absolute Gasteiger partial charge is 0.277 e. The Balaban J connectivity index is 1.55. The number of nitrogens with one attached hydrogen (secondary N) is 1. The molecule has 0 saturated heterocycles. The predicted octanol–water partition coefficient (Wildman–Crippen LogP) is 4.87. The summed E-state index contributed by atoms with van der Waals surface area (Å²) < 4.78 is 12.4. The lowest BCUT2D eigenvalue weighted by molar-refractivity contribution is -0.126. The van der Waals surface area contributed by atoms with Crippen molar-refractivity contribution in [2.24, 2.45) is 0 Å². The first kappa shape index (κ1) is 26.0. The average molecular weight is 525 g/mol. The van der Waals surface area contributed by atoms with E-state index in [-0.39, 0.29) is 24.9 Å². The van der Waals surface area contributed by atoms with Gasteiger partial charge in [-0.05, 0) is 61.4 Å². The summed E-state index contributed by atoms with van der Waals surface area (Å²) in [6.45, 7) is 4.30. The van der Waals surface area contributed by atoms with E-state index >= 15 is 0 Å². The lowest BCUT2D eigenvalue weighted by atomic mass is 9.92. The van der Waals surface area contributed by atoms with Gasteiger partial charge in [0.25, 0.3) is 5.91 Å². The first-order valence-corrected chi connectivity index (χ1v) is 12.9. The van der Waals surface area contributed by atoms with Crippen LogP contribution in [0.15, 0.2) is 78.9 Å². The van der Waals surface area contributed by atoms with Crippen molar-refractivity contribution in [3.63, 3.8) is 0 Å². The number of anilines is 1. The van der Waals surface area contributed by atoms with Crippen LogP contribution in [0.25, 0.3) is 11.3 Å². The van der Waals surface area contributed by atoms with E-state index in [4.69, 9.17) is 14.6 Å². The molecule has 0 saturated carbocycles. The summed E-state index contributed by atoms with van der Waals surface area (Å²) in [7, 11) is 3.22. The van der Waals surface area contributed by atoms with Gasteiger partial charge in [-0.3, -0.25) is 19.2 Å². The van der Waals surface area contributed by atoms with Gasteiger partial charge in [0, 0.05) is 23.4 Å². The van der Waals surface area contributed by atoms with E-state index in [0.717, 1.165) is 34.5 Å². The molecule has 5 rings (SSSR count). The van der Waals surface area contributed by atoms with Crippen molar-refractivity contribution in [3.05, 3.63) is 95.7 Å². The Kier molecular flexibility index (Phi) is 7.11. The Morgan fingerprint density at radius 1 is 0.974 bits per heavy atom. The normalized spacial score (nSPS) is 16.5. The number of rotatable bonds is 8. The number of methoxy groups -OCH3 is 2. The van der Waals surface area contributed by atoms with Crippen molar-refractivity contribution >= 4 is 17.5 Å². The summed E-state index contributed by atoms with van der Waals surface area (Å²) in [6, 6.07) is 24.6. The third-order valence-corrected chi connectivity index (χ3v) is 7.27. The number of hydrogen-bond acceptors (Lipinski definition) is 5. The lowest BCUT2D eigenvalue weighted by Crippen LogP contribution is -2.64. The SMILES string of the molecule is CCc1ccccc1N1C(=O)c2cc(-c3ccc(OC)cc3)nn2CC1(C)C(=O)NCc1ccccc1OC. The molecule has 8 heteroatoms. The van der Waals surface area contributed by atoms with E-state index in [1.807, 2.05) is 79.7 Å². The number of nitrogens with zero attached hydrogens (tertiary/aromatic N) is 3. The van der Waals surface area contributed by atoms with Crippen molar-refractivity contribution in [1.29, 1.82) is 0 Å². The number of benzene rings is 3. The van der Waals surface area contributed by atoms with Gasteiger partial charge >= 0.3 is 0 Å². The van der Waals surface area contributed by atoms with Crippen molar-refractivity contribution in [3.8, 4) is 22.8 Å². The van der Waals surface area contributed by atoms with Crippen LogP contribution in [-0.2, 0) is 24.3 Å². The summed E-state index contributed by atoms with van der Waals surface area (Å²) in [5.74, 6) is 0.874. The summed E-state index contributed by atoms with van der Waals surface area (Å²) in [5.41, 5.74) is 3.26. The molecule has 0 fully saturated rings. The maximum Gasteiger partial charge on any atom is 0.277 e. The molecule has 1 unspecified atom stereocenters. The van der Waals surface area contributed by atoms with E-state index in [0.29, 0.717) is 17.1 Å². The number of aromatic nitrogens is 2. The van der Waals surface area contributed by atoms with Crippen LogP contribution in [-0.4, -0.2) is 41.4 Å². The zero-order valence-electron chi connectivity index (χ0n) is 22.6. The second-order valence-corrected chi connectivity index (χ2v) is 9.69. The quantitative estimate of drug-likeness (QED) is 0.356. The van der Waals surface area contributed by atoms with Crippen molar-refractivity contribution in [1.82, 2.24) is 15.1 Å². The Morgan fingerprint density at radius 2 is 1.67 bits per heavy atom. The highest BCUT2D eigenvalue weighted by Gasteiger charge is 2.49. The number of carbonyl (C=O) groups excluding carboxylic acids is 2. The number of aryl methyl sites for hydroxylation is 1. The third kappa shape index (κ3) is 4.74. The fraction of sp³-hybridized carbons (Fsp3) is 0.258. The minimum atomic E-state index is -1.24. The van der Waals surface area contributed by atoms with E-state index in [9.17, 15) is 9.59 Å². The first-order chi connectivity index (χ1) is 18.9. The monoisotopic (exact) mass is 524 g/mol. The third-order valence-electron chi connectivity index (χ3n) is 7.27. The molecule has 3 aromatic carbocycles. The molecule has 4 aromatic rings. The van der Waals surface area contributed by atoms with E-state index in [2.05, 4.69) is 5.32 Å². The molecule has 0 spiro atoms. The van der Waals surface area contributed by atoms with Gasteiger partial charge in [0.1, 0.15) is 22.7 Å². The van der Waals surface area contributed by atoms with Crippen LogP contribution in [0.5, 0.6) is 11.5 Å². The average Bonchev–Trinajstić information content (AvgIpc) is 3.40. The second kappa shape index (κ2) is 10.6. The molecule has 39 heavy (non-hydrogen) atoms. The number of para-hydroxylation sites is 2. The molecule has 1 atom stereocenters. The molecule has 0 aliphatic carbocycles. The van der Waals surface area contributed by atoms with Crippen LogP contribution < -0.4 is 19.7 Å². The van der Waals surface area contributed by atoms with Gasteiger partial charge in [-0.1, -0.05) is 43.3 Å². The summed E-state index contributed by atoms with van der Waals surface area (Å²) in [5, 5.41) is 7.81. The van der Waals surface area contributed by atoms with Crippen LogP contribution in [0.2, 0.25) is 0 Å². The number of carbonyl (C=O) groups is 2. The van der Waals surface area contributed by atoms with Gasteiger partial charge in [-0.25, -0.2) is 0 Å². The first-order valence-electron chi connectivity index (χ1n) is 12.9. The minimum absolute atomic E-state index is 0.194. The molecule has 1 N–H and O–H groups in total. The minimum Gasteiger partial charge on any atom is -0.497 e. The van der Waals surface area contributed by atoms with Crippen LogP contribution in [0.4, 0.5) is 5.69 Å². The van der Waals surface area contributed by atoms with Crippen molar-refractivity contribution < 1.29 is 19.1 Å². The molecule has 1 aromatic heterocycles. The molecule has 200 valence electrons. The summed E-state index contributed by atoms with van der Waals surface area (Å²) >= 11 is 0. The molecule has 0 bridgehead atoms. The molecule has 1 aliphatic rings. The van der Waals surface area contributed by atoms with E-state index in [1.165, 1.54) is 0 Å². The topological polar surface area (TPSA) is 85.7 Å². The zero-order valence-corrected chi connectivity index (χ0v) is 22.6. The largest absolute Gasteiger partial charge is 0.497 e. The van der Waals surface area contributed by atoms with Gasteiger partial charge in [0.2, 0.25) is 5.91 Å². The van der Waals surface area contributed by atoms with E-state index < -0.39 is 5.54 Å². The molecular weight excluding hydrogens is 492 g/mol. The molecule has 8 nitrogen and oxygen atoms in total. The van der Waals surface area contributed by atoms with Gasteiger partial charge in [0.05, 0.1) is 26.5 Å². The highest BCUT2D eigenvalue weighted by molar-refractivity contribution is 6.12. The van der Waals surface area contributed by atoms with Crippen LogP contribution in [0.3, 0.4) is 0 Å². The second-order valence-electron chi connectivity index (χ2n) is 9.69. The number of hydrogen-bond donors (Lipinski definition) is 1. The fourth-order valence-corrected chi connectivity index (χ4v) is 5.10. The van der Waals surface area contributed by atoms with Crippen molar-refractivity contribution in [2.75, 3.05) is 19.1 Å². The highest BCUT2D eigenvalue weighted by atomic mass is 16.5. The number of amides is 2. The van der Waals surface area contributed by atoms with Crippen LogP contribution >= 0.6 is 0 Å². The van der Waals surface area contributed by atoms with Gasteiger partial charge < -0.3 is 14.8 Å². The molecule has 2 amide bonds.